The average Bonchev–Trinajstić information content (AvgIpc) is 2.50. The summed E-state index contributed by atoms with van der Waals surface area (Å²) in [6, 6.07) is 5.45. The van der Waals surface area contributed by atoms with Gasteiger partial charge in [0.1, 0.15) is 0 Å². The third-order valence-corrected chi connectivity index (χ3v) is 2.73. The van der Waals surface area contributed by atoms with Gasteiger partial charge in [-0.05, 0) is 38.0 Å². The first-order valence-electron chi connectivity index (χ1n) is 7.69. The summed E-state index contributed by atoms with van der Waals surface area (Å²) in [6.07, 6.45) is 1.59. The fourth-order valence-electron chi connectivity index (χ4n) is 1.68. The van der Waals surface area contributed by atoms with Gasteiger partial charge < -0.3 is 19.6 Å². The Morgan fingerprint density at radius 1 is 1.26 bits per heavy atom. The molecule has 6 nitrogen and oxygen atoms in total. The Morgan fingerprint density at radius 3 is 2.61 bits per heavy atom. The van der Waals surface area contributed by atoms with E-state index in [4.69, 9.17) is 14.3 Å². The fourth-order valence-corrected chi connectivity index (χ4v) is 1.68. The van der Waals surface area contributed by atoms with E-state index in [1.165, 1.54) is 6.21 Å². The van der Waals surface area contributed by atoms with Crippen molar-refractivity contribution in [2.45, 2.75) is 33.8 Å². The molecule has 1 N–H and O–H groups in total. The molecule has 0 radical (unpaired) electrons. The number of hydrogen-bond donors (Lipinski definition) is 1. The van der Waals surface area contributed by atoms with E-state index < -0.39 is 0 Å². The number of carbonyl (C=O) groups excluding carboxylic acids is 1. The molecule has 0 atom stereocenters. The van der Waals surface area contributed by atoms with Crippen molar-refractivity contribution in [1.82, 2.24) is 5.32 Å². The van der Waals surface area contributed by atoms with Gasteiger partial charge in [-0.25, -0.2) is 0 Å². The van der Waals surface area contributed by atoms with E-state index in [-0.39, 0.29) is 18.6 Å². The number of oxime groups is 1. The Bertz CT molecular complexity index is 527. The molecule has 1 amide bonds. The second-order valence-electron chi connectivity index (χ2n) is 5.78. The Balaban J connectivity index is 2.52. The Kier molecular flexibility index (Phi) is 7.94. The predicted octanol–water partition coefficient (Wildman–Crippen LogP) is 2.61. The second-order valence-corrected chi connectivity index (χ2v) is 5.78. The number of amides is 1. The summed E-state index contributed by atoms with van der Waals surface area (Å²) in [7, 11) is 1.58. The lowest BCUT2D eigenvalue weighted by Crippen LogP contribution is -2.30. The normalized spacial score (nSPS) is 11.1. The van der Waals surface area contributed by atoms with Crippen molar-refractivity contribution in [2.75, 3.05) is 20.3 Å². The summed E-state index contributed by atoms with van der Waals surface area (Å²) in [5.74, 6) is 1.52. The maximum Gasteiger partial charge on any atom is 0.260 e. The summed E-state index contributed by atoms with van der Waals surface area (Å²) < 4.78 is 10.9. The molecule has 23 heavy (non-hydrogen) atoms. The molecule has 0 aromatic heterocycles. The molecule has 1 rings (SSSR count). The van der Waals surface area contributed by atoms with Gasteiger partial charge in [-0.3, -0.25) is 4.79 Å². The molecule has 0 aliphatic heterocycles. The van der Waals surface area contributed by atoms with Crippen molar-refractivity contribution in [2.24, 2.45) is 11.1 Å². The van der Waals surface area contributed by atoms with Crippen LogP contribution in [-0.2, 0) is 9.63 Å². The minimum absolute atomic E-state index is 0.0658. The third kappa shape index (κ3) is 7.54. The molecule has 0 saturated carbocycles. The topological polar surface area (TPSA) is 69.2 Å². The van der Waals surface area contributed by atoms with E-state index in [1.807, 2.05) is 39.8 Å². The van der Waals surface area contributed by atoms with Crippen LogP contribution in [0.1, 0.15) is 33.3 Å². The van der Waals surface area contributed by atoms with Gasteiger partial charge in [-0.15, -0.1) is 0 Å². The Labute approximate surface area is 137 Å². The highest BCUT2D eigenvalue weighted by atomic mass is 16.6. The van der Waals surface area contributed by atoms with Gasteiger partial charge >= 0.3 is 0 Å². The van der Waals surface area contributed by atoms with Crippen molar-refractivity contribution >= 4 is 12.1 Å². The maximum atomic E-state index is 11.5. The number of hydrogen-bond acceptors (Lipinski definition) is 5. The van der Waals surface area contributed by atoms with Gasteiger partial charge in [0.05, 0.1) is 19.4 Å². The molecular formula is C17H26N2O4. The zero-order valence-electron chi connectivity index (χ0n) is 14.5. The van der Waals surface area contributed by atoms with Crippen LogP contribution in [0.15, 0.2) is 23.4 Å². The van der Waals surface area contributed by atoms with Crippen molar-refractivity contribution in [3.05, 3.63) is 23.8 Å². The van der Waals surface area contributed by atoms with Crippen molar-refractivity contribution in [1.29, 1.82) is 0 Å². The van der Waals surface area contributed by atoms with Crippen LogP contribution in [-0.4, -0.2) is 38.5 Å². The summed E-state index contributed by atoms with van der Waals surface area (Å²) in [5.41, 5.74) is 0.792. The lowest BCUT2D eigenvalue weighted by molar-refractivity contribution is -0.125. The summed E-state index contributed by atoms with van der Waals surface area (Å²) in [6.45, 7) is 8.48. The maximum absolute atomic E-state index is 11.5. The van der Waals surface area contributed by atoms with Gasteiger partial charge in [-0.1, -0.05) is 19.0 Å². The average molecular weight is 322 g/mol. The van der Waals surface area contributed by atoms with E-state index in [0.717, 1.165) is 5.56 Å². The monoisotopic (exact) mass is 322 g/mol. The lowest BCUT2D eigenvalue weighted by atomic mass is 10.2. The molecule has 1 aromatic carbocycles. The molecule has 128 valence electrons. The van der Waals surface area contributed by atoms with Gasteiger partial charge in [0.25, 0.3) is 5.91 Å². The van der Waals surface area contributed by atoms with Crippen LogP contribution >= 0.6 is 0 Å². The van der Waals surface area contributed by atoms with E-state index in [9.17, 15) is 4.79 Å². The molecule has 0 bridgehead atoms. The molecule has 0 heterocycles. The van der Waals surface area contributed by atoms with Crippen LogP contribution in [0.3, 0.4) is 0 Å². The van der Waals surface area contributed by atoms with E-state index in [0.29, 0.717) is 24.0 Å². The lowest BCUT2D eigenvalue weighted by Gasteiger charge is -2.13. The molecule has 6 heteroatoms. The standard InChI is InChI=1S/C17H26N2O4/c1-12(2)9-18-17(20)11-22-19-10-14-6-7-15(23-13(3)4)16(8-14)21-5/h6-8,10,12-13H,9,11H2,1-5H3,(H,18,20)/b19-10-. The number of carbonyl (C=O) groups is 1. The first-order chi connectivity index (χ1) is 10.9. The molecule has 0 aliphatic carbocycles. The number of nitrogens with one attached hydrogen (secondary N) is 1. The minimum atomic E-state index is -0.186. The number of nitrogens with zero attached hydrogens (tertiary/aromatic N) is 1. The van der Waals surface area contributed by atoms with E-state index in [2.05, 4.69) is 10.5 Å². The van der Waals surface area contributed by atoms with Crippen molar-refractivity contribution < 1.29 is 19.1 Å². The zero-order valence-corrected chi connectivity index (χ0v) is 14.5. The molecule has 0 aliphatic rings. The van der Waals surface area contributed by atoms with Gasteiger partial charge in [-0.2, -0.15) is 0 Å². The van der Waals surface area contributed by atoms with Crippen LogP contribution in [0.2, 0.25) is 0 Å². The summed E-state index contributed by atoms with van der Waals surface area (Å²) in [5, 5.41) is 6.54. The summed E-state index contributed by atoms with van der Waals surface area (Å²) in [4.78, 5) is 16.4. The van der Waals surface area contributed by atoms with Gasteiger partial charge in [0.15, 0.2) is 18.1 Å². The van der Waals surface area contributed by atoms with Crippen molar-refractivity contribution in [3.8, 4) is 11.5 Å². The largest absolute Gasteiger partial charge is 0.493 e. The number of benzene rings is 1. The SMILES string of the molecule is COc1cc(/C=N\OCC(=O)NCC(C)C)ccc1OC(C)C. The fraction of sp³-hybridized carbons (Fsp3) is 0.529. The number of methoxy groups -OCH3 is 1. The van der Waals surface area contributed by atoms with E-state index in [1.54, 1.807) is 13.2 Å². The van der Waals surface area contributed by atoms with Gasteiger partial charge in [0.2, 0.25) is 0 Å². The van der Waals surface area contributed by atoms with Crippen LogP contribution in [0.4, 0.5) is 0 Å². The highest BCUT2D eigenvalue weighted by molar-refractivity contribution is 5.81. The first-order valence-corrected chi connectivity index (χ1v) is 7.69. The van der Waals surface area contributed by atoms with Crippen LogP contribution in [0.25, 0.3) is 0 Å². The molecule has 1 aromatic rings. The molecule has 0 spiro atoms. The first kappa shape index (κ1) is 18.8. The molecule has 0 saturated heterocycles. The second kappa shape index (κ2) is 9.71. The third-order valence-electron chi connectivity index (χ3n) is 2.73. The van der Waals surface area contributed by atoms with Crippen LogP contribution in [0, 0.1) is 5.92 Å². The Morgan fingerprint density at radius 2 is 2.00 bits per heavy atom. The minimum Gasteiger partial charge on any atom is -0.493 e. The molecule has 0 fully saturated rings. The van der Waals surface area contributed by atoms with Crippen LogP contribution < -0.4 is 14.8 Å². The highest BCUT2D eigenvalue weighted by Gasteiger charge is 2.07. The van der Waals surface area contributed by atoms with Crippen molar-refractivity contribution in [3.63, 3.8) is 0 Å². The Hall–Kier alpha value is -2.24. The number of ether oxygens (including phenoxy) is 2. The number of rotatable bonds is 9. The van der Waals surface area contributed by atoms with E-state index >= 15 is 0 Å². The van der Waals surface area contributed by atoms with Gasteiger partial charge in [0, 0.05) is 12.1 Å². The molecule has 0 unspecified atom stereocenters. The zero-order chi connectivity index (χ0) is 17.2. The molecular weight excluding hydrogens is 296 g/mol. The quantitative estimate of drug-likeness (QED) is 0.560. The van der Waals surface area contributed by atoms with Crippen LogP contribution in [0.5, 0.6) is 11.5 Å². The summed E-state index contributed by atoms with van der Waals surface area (Å²) >= 11 is 0. The smallest absolute Gasteiger partial charge is 0.260 e. The highest BCUT2D eigenvalue weighted by Crippen LogP contribution is 2.28. The predicted molar refractivity (Wildman–Crippen MR) is 90.2 cm³/mol.